The highest BCUT2D eigenvalue weighted by Crippen LogP contribution is 2.40. The number of carbonyl (C=O) groups excluding carboxylic acids is 1. The van der Waals surface area contributed by atoms with E-state index in [1.807, 2.05) is 0 Å². The van der Waals surface area contributed by atoms with E-state index >= 15 is 0 Å². The maximum Gasteiger partial charge on any atom is 0.425 e. The second-order valence-corrected chi connectivity index (χ2v) is 6.96. The van der Waals surface area contributed by atoms with Gasteiger partial charge >= 0.3 is 12.3 Å². The van der Waals surface area contributed by atoms with E-state index < -0.39 is 17.1 Å². The van der Waals surface area contributed by atoms with E-state index in [4.69, 9.17) is 10.5 Å². The van der Waals surface area contributed by atoms with Crippen molar-refractivity contribution < 1.29 is 22.7 Å². The number of halogens is 3. The summed E-state index contributed by atoms with van der Waals surface area (Å²) in [5, 5.41) is 3.92. The third-order valence-electron chi connectivity index (χ3n) is 4.16. The predicted molar refractivity (Wildman–Crippen MR) is 87.2 cm³/mol. The number of nitrogens with two attached hydrogens (primary N) is 1. The van der Waals surface area contributed by atoms with Crippen molar-refractivity contribution in [2.75, 3.05) is 5.32 Å². The van der Waals surface area contributed by atoms with Crippen LogP contribution in [0.3, 0.4) is 0 Å². The summed E-state index contributed by atoms with van der Waals surface area (Å²) < 4.78 is 44.3. The van der Waals surface area contributed by atoms with Crippen molar-refractivity contribution >= 4 is 33.2 Å². The predicted octanol–water partition coefficient (Wildman–Crippen LogP) is 4.74. The zero-order valence-electron chi connectivity index (χ0n) is 12.7. The molecule has 0 atom stereocenters. The first-order valence-electron chi connectivity index (χ1n) is 7.65. The normalized spacial score (nSPS) is 21.6. The van der Waals surface area contributed by atoms with Gasteiger partial charge in [0.15, 0.2) is 0 Å². The Labute approximate surface area is 140 Å². The summed E-state index contributed by atoms with van der Waals surface area (Å²) in [6.07, 6.45) is -2.36. The molecule has 0 unspecified atom stereocenters. The molecular weight excluding hydrogens is 341 g/mol. The molecule has 1 heterocycles. The van der Waals surface area contributed by atoms with Gasteiger partial charge in [-0.25, -0.2) is 4.79 Å². The lowest BCUT2D eigenvalue weighted by Crippen LogP contribution is -2.32. The van der Waals surface area contributed by atoms with E-state index in [0.717, 1.165) is 24.2 Å². The molecule has 0 spiro atoms. The number of hydrogen-bond acceptors (Lipinski definition) is 4. The number of ether oxygens (including phenoxy) is 1. The van der Waals surface area contributed by atoms with Gasteiger partial charge in [-0.15, -0.1) is 11.3 Å². The summed E-state index contributed by atoms with van der Waals surface area (Å²) in [6.45, 7) is 0. The maximum atomic E-state index is 12.9. The third-order valence-corrected chi connectivity index (χ3v) is 5.30. The van der Waals surface area contributed by atoms with E-state index in [1.54, 1.807) is 18.2 Å². The van der Waals surface area contributed by atoms with Crippen LogP contribution in [0.15, 0.2) is 24.3 Å². The van der Waals surface area contributed by atoms with Crippen LogP contribution >= 0.6 is 11.3 Å². The Kier molecular flexibility index (Phi) is 4.58. The number of benzene rings is 1. The highest BCUT2D eigenvalue weighted by atomic mass is 32.1. The first kappa shape index (κ1) is 16.9. The van der Waals surface area contributed by atoms with E-state index in [2.05, 4.69) is 5.32 Å². The molecule has 3 N–H and O–H groups in total. The van der Waals surface area contributed by atoms with Gasteiger partial charge in [0.1, 0.15) is 11.0 Å². The van der Waals surface area contributed by atoms with Gasteiger partial charge < -0.3 is 15.8 Å². The van der Waals surface area contributed by atoms with Crippen LogP contribution in [0.25, 0.3) is 10.1 Å². The van der Waals surface area contributed by atoms with Crippen molar-refractivity contribution in [3.05, 3.63) is 29.1 Å². The number of fused-ring (bicyclic) bond motifs is 1. The van der Waals surface area contributed by atoms with Gasteiger partial charge in [0.05, 0.1) is 0 Å². The molecule has 0 aliphatic heterocycles. The van der Waals surface area contributed by atoms with Gasteiger partial charge in [-0.05, 0) is 43.9 Å². The number of nitrogens with one attached hydrogen (secondary N) is 1. The van der Waals surface area contributed by atoms with Gasteiger partial charge in [0, 0.05) is 21.8 Å². The minimum atomic E-state index is -4.33. The summed E-state index contributed by atoms with van der Waals surface area (Å²) in [7, 11) is 0. The fourth-order valence-electron chi connectivity index (χ4n) is 3.04. The van der Waals surface area contributed by atoms with Gasteiger partial charge in [0.25, 0.3) is 0 Å². The number of hydrogen-bond donors (Lipinski definition) is 2. The largest absolute Gasteiger partial charge is 0.446 e. The Morgan fingerprint density at radius 2 is 1.96 bits per heavy atom. The zero-order chi connectivity index (χ0) is 17.3. The van der Waals surface area contributed by atoms with Crippen LogP contribution in [-0.2, 0) is 10.9 Å². The Balaban J connectivity index is 1.72. The maximum absolute atomic E-state index is 12.9. The second-order valence-electron chi connectivity index (χ2n) is 5.88. The SMILES string of the molecule is NC(=O)OC1CCC(Nc2cccc3sc(C(F)(F)F)cc23)CC1. The van der Waals surface area contributed by atoms with Crippen molar-refractivity contribution in [1.82, 2.24) is 0 Å². The molecule has 1 saturated carbocycles. The topological polar surface area (TPSA) is 64.4 Å². The second kappa shape index (κ2) is 6.51. The average Bonchev–Trinajstić information content (AvgIpc) is 2.94. The molecule has 8 heteroatoms. The molecule has 2 aromatic rings. The van der Waals surface area contributed by atoms with Gasteiger partial charge in [-0.3, -0.25) is 0 Å². The molecular formula is C16H17F3N2O2S. The van der Waals surface area contributed by atoms with Crippen LogP contribution < -0.4 is 11.1 Å². The molecule has 24 heavy (non-hydrogen) atoms. The number of primary amides is 1. The molecule has 130 valence electrons. The molecule has 1 aliphatic carbocycles. The van der Waals surface area contributed by atoms with E-state index in [9.17, 15) is 18.0 Å². The molecule has 1 aromatic heterocycles. The lowest BCUT2D eigenvalue weighted by molar-refractivity contribution is -0.134. The van der Waals surface area contributed by atoms with Crippen LogP contribution in [0.1, 0.15) is 30.6 Å². The number of thiophene rings is 1. The molecule has 1 aromatic carbocycles. The molecule has 1 aliphatic rings. The van der Waals surface area contributed by atoms with Crippen LogP contribution in [0.2, 0.25) is 0 Å². The number of carbonyl (C=O) groups is 1. The molecule has 1 amide bonds. The number of rotatable bonds is 3. The molecule has 3 rings (SSSR count). The zero-order valence-corrected chi connectivity index (χ0v) is 13.5. The molecule has 4 nitrogen and oxygen atoms in total. The molecule has 1 fully saturated rings. The summed E-state index contributed by atoms with van der Waals surface area (Å²) in [5.41, 5.74) is 5.72. The Hall–Kier alpha value is -1.96. The Morgan fingerprint density at radius 3 is 2.58 bits per heavy atom. The summed E-state index contributed by atoms with van der Waals surface area (Å²) >= 11 is 0.751. The van der Waals surface area contributed by atoms with E-state index in [0.29, 0.717) is 28.6 Å². The summed E-state index contributed by atoms with van der Waals surface area (Å²) in [5.74, 6) is 0. The van der Waals surface area contributed by atoms with E-state index in [-0.39, 0.29) is 12.1 Å². The molecule has 0 bridgehead atoms. The summed E-state index contributed by atoms with van der Waals surface area (Å²) in [6, 6.07) is 6.57. The average molecular weight is 358 g/mol. The minimum Gasteiger partial charge on any atom is -0.446 e. The van der Waals surface area contributed by atoms with Crippen molar-refractivity contribution in [2.24, 2.45) is 5.73 Å². The van der Waals surface area contributed by atoms with Crippen molar-refractivity contribution in [3.63, 3.8) is 0 Å². The number of anilines is 1. The van der Waals surface area contributed by atoms with E-state index in [1.165, 1.54) is 6.07 Å². The third kappa shape index (κ3) is 3.75. The Morgan fingerprint density at radius 1 is 1.25 bits per heavy atom. The van der Waals surface area contributed by atoms with Crippen molar-refractivity contribution in [3.8, 4) is 0 Å². The first-order valence-corrected chi connectivity index (χ1v) is 8.47. The quantitative estimate of drug-likeness (QED) is 0.833. The minimum absolute atomic E-state index is 0.137. The van der Waals surface area contributed by atoms with Crippen molar-refractivity contribution in [2.45, 2.75) is 44.0 Å². The fourth-order valence-corrected chi connectivity index (χ4v) is 3.99. The first-order chi connectivity index (χ1) is 11.3. The lowest BCUT2D eigenvalue weighted by atomic mass is 9.92. The highest BCUT2D eigenvalue weighted by Gasteiger charge is 2.33. The monoisotopic (exact) mass is 358 g/mol. The van der Waals surface area contributed by atoms with Gasteiger partial charge in [0.2, 0.25) is 0 Å². The van der Waals surface area contributed by atoms with Gasteiger partial charge in [-0.1, -0.05) is 6.07 Å². The van der Waals surface area contributed by atoms with Crippen LogP contribution in [0.5, 0.6) is 0 Å². The van der Waals surface area contributed by atoms with Crippen LogP contribution in [0.4, 0.5) is 23.7 Å². The van der Waals surface area contributed by atoms with Crippen LogP contribution in [0, 0.1) is 0 Å². The van der Waals surface area contributed by atoms with Crippen LogP contribution in [-0.4, -0.2) is 18.2 Å². The smallest absolute Gasteiger partial charge is 0.425 e. The molecule has 0 radical (unpaired) electrons. The lowest BCUT2D eigenvalue weighted by Gasteiger charge is -2.29. The highest BCUT2D eigenvalue weighted by molar-refractivity contribution is 7.19. The summed E-state index contributed by atoms with van der Waals surface area (Å²) in [4.78, 5) is 10.2. The molecule has 0 saturated heterocycles. The number of amides is 1. The Bertz CT molecular complexity index is 736. The van der Waals surface area contributed by atoms with Gasteiger partial charge in [-0.2, -0.15) is 13.2 Å². The number of alkyl halides is 3. The fraction of sp³-hybridized carbons (Fsp3) is 0.438. The van der Waals surface area contributed by atoms with Crippen molar-refractivity contribution in [1.29, 1.82) is 0 Å². The standard InChI is InChI=1S/C16H17F3N2O2S/c17-16(18,19)14-8-11-12(2-1-3-13(11)24-14)21-9-4-6-10(7-5-9)23-15(20)22/h1-3,8-10,21H,4-7H2,(H2,20,22).